The van der Waals surface area contributed by atoms with Crippen LogP contribution < -0.4 is 0 Å². The molecule has 6 atom stereocenters. The third kappa shape index (κ3) is 28.2. The van der Waals surface area contributed by atoms with Crippen molar-refractivity contribution in [3.05, 3.63) is 24.3 Å². The monoisotopic (exact) mass is 805 g/mol. The van der Waals surface area contributed by atoms with Crippen molar-refractivity contribution in [1.29, 1.82) is 0 Å². The molecule has 13 heteroatoms. The molecule has 4 N–H and O–H groups in total. The molecule has 12 nitrogen and oxygen atoms in total. The molecule has 0 radical (unpaired) electrons. The molecule has 0 saturated carbocycles. The van der Waals surface area contributed by atoms with Crippen LogP contribution in [0.25, 0.3) is 0 Å². The first kappa shape index (κ1) is 51.1. The van der Waals surface area contributed by atoms with E-state index in [9.17, 15) is 37.9 Å². The minimum Gasteiger partial charge on any atom is -0.462 e. The molecule has 1 rings (SSSR count). The average molecular weight is 805 g/mol. The topological polar surface area (TPSA) is 186 Å². The third-order valence-electron chi connectivity index (χ3n) is 9.81. The van der Waals surface area contributed by atoms with Gasteiger partial charge in [0.05, 0.1) is 6.61 Å². The second-order valence-electron chi connectivity index (χ2n) is 15.0. The van der Waals surface area contributed by atoms with Crippen molar-refractivity contribution in [2.24, 2.45) is 0 Å². The highest BCUT2D eigenvalue weighted by molar-refractivity contribution is 7.85. The lowest BCUT2D eigenvalue weighted by atomic mass is 10.00. The Morgan fingerprint density at radius 1 is 0.618 bits per heavy atom. The Kier molecular flexibility index (Phi) is 30.8. The number of carbonyl (C=O) groups excluding carboxylic acids is 2. The molecule has 0 aromatic carbocycles. The predicted octanol–water partition coefficient (Wildman–Crippen LogP) is 8.06. The average Bonchev–Trinajstić information content (AvgIpc) is 3.14. The Morgan fingerprint density at radius 3 is 1.58 bits per heavy atom. The van der Waals surface area contributed by atoms with Crippen LogP contribution in [0.4, 0.5) is 0 Å². The number of esters is 2. The van der Waals surface area contributed by atoms with Crippen molar-refractivity contribution >= 4 is 22.1 Å². The van der Waals surface area contributed by atoms with E-state index in [4.69, 9.17) is 18.9 Å². The fourth-order valence-electron chi connectivity index (χ4n) is 6.43. The molecule has 0 bridgehead atoms. The summed E-state index contributed by atoms with van der Waals surface area (Å²) in [5.41, 5.74) is 0. The third-order valence-corrected chi connectivity index (χ3v) is 10.6. The Balaban J connectivity index is 2.48. The van der Waals surface area contributed by atoms with E-state index in [1.54, 1.807) is 0 Å². The van der Waals surface area contributed by atoms with E-state index >= 15 is 0 Å². The molecule has 2 unspecified atom stereocenters. The normalized spacial score (nSPS) is 21.0. The van der Waals surface area contributed by atoms with Gasteiger partial charge in [0, 0.05) is 12.8 Å². The zero-order valence-electron chi connectivity index (χ0n) is 34.0. The van der Waals surface area contributed by atoms with Crippen LogP contribution in [0.5, 0.6) is 0 Å². The largest absolute Gasteiger partial charge is 0.462 e. The van der Waals surface area contributed by atoms with Crippen LogP contribution in [0.3, 0.4) is 0 Å². The first-order valence-corrected chi connectivity index (χ1v) is 23.0. The zero-order valence-corrected chi connectivity index (χ0v) is 34.9. The molecule has 1 fully saturated rings. The lowest BCUT2D eigenvalue weighted by Gasteiger charge is -2.40. The van der Waals surface area contributed by atoms with Gasteiger partial charge < -0.3 is 34.3 Å². The van der Waals surface area contributed by atoms with Gasteiger partial charge >= 0.3 is 11.9 Å². The van der Waals surface area contributed by atoms with Crippen LogP contribution in [0, 0.1) is 0 Å². The van der Waals surface area contributed by atoms with E-state index in [1.165, 1.54) is 77.0 Å². The van der Waals surface area contributed by atoms with E-state index < -0.39 is 71.2 Å². The Labute approximate surface area is 332 Å². The minimum absolute atomic E-state index is 0.164. The second kappa shape index (κ2) is 33.1. The first-order chi connectivity index (χ1) is 26.5. The molecule has 0 aromatic heterocycles. The van der Waals surface area contributed by atoms with Crippen LogP contribution in [0.1, 0.15) is 174 Å². The highest BCUT2D eigenvalue weighted by Gasteiger charge is 2.46. The van der Waals surface area contributed by atoms with Gasteiger partial charge in [-0.05, 0) is 38.5 Å². The number of aliphatic hydroxyl groups is 3. The summed E-state index contributed by atoms with van der Waals surface area (Å²) in [6, 6.07) is 0. The number of hydrogen-bond donors (Lipinski definition) is 4. The van der Waals surface area contributed by atoms with Gasteiger partial charge in [0.2, 0.25) is 0 Å². The molecule has 1 heterocycles. The summed E-state index contributed by atoms with van der Waals surface area (Å²) >= 11 is 0. The summed E-state index contributed by atoms with van der Waals surface area (Å²) < 4.78 is 53.9. The van der Waals surface area contributed by atoms with E-state index in [0.29, 0.717) is 12.8 Å². The molecule has 1 aliphatic heterocycles. The van der Waals surface area contributed by atoms with Crippen LogP contribution in [-0.2, 0) is 38.7 Å². The van der Waals surface area contributed by atoms with E-state index in [1.807, 2.05) is 0 Å². The van der Waals surface area contributed by atoms with Crippen molar-refractivity contribution in [3.8, 4) is 0 Å². The van der Waals surface area contributed by atoms with Gasteiger partial charge in [-0.25, -0.2) is 0 Å². The summed E-state index contributed by atoms with van der Waals surface area (Å²) in [7, 11) is -4.60. The molecule has 0 spiro atoms. The van der Waals surface area contributed by atoms with Crippen molar-refractivity contribution in [2.75, 3.05) is 19.0 Å². The number of ether oxygens (including phenoxy) is 4. The summed E-state index contributed by atoms with van der Waals surface area (Å²) in [5.74, 6) is -2.00. The van der Waals surface area contributed by atoms with Gasteiger partial charge in [0.25, 0.3) is 10.1 Å². The highest BCUT2D eigenvalue weighted by atomic mass is 32.2. The second-order valence-corrected chi connectivity index (χ2v) is 16.5. The van der Waals surface area contributed by atoms with Crippen molar-refractivity contribution in [3.63, 3.8) is 0 Å². The van der Waals surface area contributed by atoms with E-state index in [-0.39, 0.29) is 19.4 Å². The molecule has 0 amide bonds. The molecule has 55 heavy (non-hydrogen) atoms. The Bertz CT molecular complexity index is 1130. The quantitative estimate of drug-likeness (QED) is 0.0209. The Hall–Kier alpha value is -1.87. The standard InChI is InChI=1S/C42H76O12S/c1-3-5-7-9-11-13-15-17-18-19-21-22-24-26-28-30-37(43)51-32-35(33-52-42-41(47)40(46)39(45)36(54-42)34-55(48,49)50)53-38(44)31-29-27-25-23-20-16-14-12-10-8-6-4-2/h13,15,17-18,35-36,39-42,45-47H,3-12,14,16,19-34H2,1-2H3,(H,48,49,50)/b15-13+,18-17+/t35-,36-,39-,40?,41?,42+/m1/s1. The lowest BCUT2D eigenvalue weighted by molar-refractivity contribution is -0.297. The van der Waals surface area contributed by atoms with Crippen LogP contribution >= 0.6 is 0 Å². The van der Waals surface area contributed by atoms with E-state index in [2.05, 4.69) is 38.2 Å². The van der Waals surface area contributed by atoms with Crippen molar-refractivity contribution in [1.82, 2.24) is 0 Å². The Morgan fingerprint density at radius 2 is 1.07 bits per heavy atom. The SMILES string of the molecule is CCCCCC/C=C/C=C/CCCCCCCC(=O)OC[C@H](CO[C@H]1O[C@H](CS(=O)(=O)O)[C@@H](O)C(O)C1O)OC(=O)CCCCCCCCCCCCCC. The first-order valence-electron chi connectivity index (χ1n) is 21.4. The van der Waals surface area contributed by atoms with Gasteiger partial charge in [0.15, 0.2) is 12.4 Å². The smallest absolute Gasteiger partial charge is 0.306 e. The van der Waals surface area contributed by atoms with Gasteiger partial charge in [0.1, 0.15) is 36.8 Å². The minimum atomic E-state index is -4.60. The summed E-state index contributed by atoms with van der Waals surface area (Å²) in [4.78, 5) is 25.3. The zero-order chi connectivity index (χ0) is 40.6. The molecule has 322 valence electrons. The van der Waals surface area contributed by atoms with Crippen molar-refractivity contribution in [2.45, 2.75) is 211 Å². The van der Waals surface area contributed by atoms with Crippen molar-refractivity contribution < 1.29 is 56.8 Å². The van der Waals surface area contributed by atoms with E-state index in [0.717, 1.165) is 57.8 Å². The predicted molar refractivity (Wildman–Crippen MR) is 215 cm³/mol. The maximum absolute atomic E-state index is 12.8. The summed E-state index contributed by atoms with van der Waals surface area (Å²) in [6.45, 7) is 3.71. The number of allylic oxidation sites excluding steroid dienone is 4. The highest BCUT2D eigenvalue weighted by Crippen LogP contribution is 2.24. The fourth-order valence-corrected chi connectivity index (χ4v) is 7.12. The number of aliphatic hydroxyl groups excluding tert-OH is 3. The molecule has 0 aromatic rings. The maximum Gasteiger partial charge on any atom is 0.306 e. The molecular weight excluding hydrogens is 729 g/mol. The van der Waals surface area contributed by atoms with Crippen LogP contribution in [0.2, 0.25) is 0 Å². The van der Waals surface area contributed by atoms with Gasteiger partial charge in [-0.1, -0.05) is 147 Å². The number of rotatable bonds is 35. The van der Waals surface area contributed by atoms with Gasteiger partial charge in [-0.2, -0.15) is 8.42 Å². The molecule has 0 aliphatic carbocycles. The molecule has 1 aliphatic rings. The number of hydrogen-bond acceptors (Lipinski definition) is 11. The van der Waals surface area contributed by atoms with Crippen LogP contribution in [0.15, 0.2) is 24.3 Å². The number of carbonyl (C=O) groups is 2. The summed E-state index contributed by atoms with van der Waals surface area (Å²) in [5, 5.41) is 30.8. The lowest BCUT2D eigenvalue weighted by Crippen LogP contribution is -2.60. The molecular formula is C42H76O12S. The van der Waals surface area contributed by atoms with Crippen LogP contribution in [-0.4, -0.2) is 96.0 Å². The van der Waals surface area contributed by atoms with Gasteiger partial charge in [-0.3, -0.25) is 14.1 Å². The molecule has 1 saturated heterocycles. The van der Waals surface area contributed by atoms with Gasteiger partial charge in [-0.15, -0.1) is 0 Å². The summed E-state index contributed by atoms with van der Waals surface area (Å²) in [6.07, 6.45) is 25.1. The fraction of sp³-hybridized carbons (Fsp3) is 0.857. The maximum atomic E-state index is 12.8. The number of unbranched alkanes of at least 4 members (excludes halogenated alkanes) is 20.